The molecule has 1 aliphatic heterocycles. The lowest BCUT2D eigenvalue weighted by Crippen LogP contribution is -2.31. The monoisotopic (exact) mass is 340 g/mol. The van der Waals surface area contributed by atoms with Gasteiger partial charge in [0.15, 0.2) is 0 Å². The number of methoxy groups -OCH3 is 1. The number of rotatable bonds is 4. The summed E-state index contributed by atoms with van der Waals surface area (Å²) in [5, 5.41) is 16.2. The molecule has 1 amide bonds. The van der Waals surface area contributed by atoms with Gasteiger partial charge in [-0.15, -0.1) is 0 Å². The molecule has 0 radical (unpaired) electrons. The lowest BCUT2D eigenvalue weighted by Gasteiger charge is -2.15. The highest BCUT2D eigenvalue weighted by atomic mass is 16.5. The Morgan fingerprint density at radius 3 is 2.96 bits per heavy atom. The topological polar surface area (TPSA) is 88.9 Å². The van der Waals surface area contributed by atoms with Gasteiger partial charge in [-0.3, -0.25) is 9.48 Å². The summed E-state index contributed by atoms with van der Waals surface area (Å²) >= 11 is 0. The lowest BCUT2D eigenvalue weighted by molar-refractivity contribution is -0.129. The van der Waals surface area contributed by atoms with Crippen molar-refractivity contribution in [2.24, 2.45) is 7.05 Å². The van der Waals surface area contributed by atoms with Crippen LogP contribution in [0.4, 0.5) is 0 Å². The Hall–Kier alpha value is -2.74. The number of likely N-dealkylation sites (tertiary alicyclic amines) is 1. The first-order valence-corrected chi connectivity index (χ1v) is 8.24. The van der Waals surface area contributed by atoms with Crippen LogP contribution in [0.5, 0.6) is 0 Å². The van der Waals surface area contributed by atoms with Crippen LogP contribution in [0.15, 0.2) is 30.5 Å². The second kappa shape index (κ2) is 6.29. The van der Waals surface area contributed by atoms with Crippen LogP contribution in [0, 0.1) is 0 Å². The van der Waals surface area contributed by atoms with E-state index in [1.165, 1.54) is 0 Å². The van der Waals surface area contributed by atoms with E-state index in [1.54, 1.807) is 13.3 Å². The molecular formula is C17H20N6O2. The minimum absolute atomic E-state index is 0.0353. The highest BCUT2D eigenvalue weighted by Crippen LogP contribution is 2.28. The minimum Gasteiger partial charge on any atom is -0.379 e. The van der Waals surface area contributed by atoms with Crippen molar-refractivity contribution in [2.75, 3.05) is 20.2 Å². The van der Waals surface area contributed by atoms with Gasteiger partial charge in [-0.1, -0.05) is 18.2 Å². The number of carbonyl (C=O) groups excluding carboxylic acids is 1. The SMILES string of the molecule is CO[C@@H]1CN(C(=O)Cc2nn(C)c3ccccc23)C[C@H]1c1cn[nH]n1. The van der Waals surface area contributed by atoms with Crippen molar-refractivity contribution >= 4 is 16.8 Å². The molecule has 0 aliphatic carbocycles. The fraction of sp³-hybridized carbons (Fsp3) is 0.412. The molecule has 8 nitrogen and oxygen atoms in total. The van der Waals surface area contributed by atoms with Gasteiger partial charge in [-0.05, 0) is 6.07 Å². The maximum atomic E-state index is 12.8. The summed E-state index contributed by atoms with van der Waals surface area (Å²) in [6.07, 6.45) is 1.90. The summed E-state index contributed by atoms with van der Waals surface area (Å²) in [7, 11) is 3.56. The summed E-state index contributed by atoms with van der Waals surface area (Å²) in [6.45, 7) is 1.13. The van der Waals surface area contributed by atoms with E-state index in [2.05, 4.69) is 20.5 Å². The third-order valence-corrected chi connectivity index (χ3v) is 4.89. The van der Waals surface area contributed by atoms with Gasteiger partial charge in [0, 0.05) is 32.6 Å². The Balaban J connectivity index is 1.53. The molecular weight excluding hydrogens is 320 g/mol. The second-order valence-electron chi connectivity index (χ2n) is 6.34. The average molecular weight is 340 g/mol. The Bertz CT molecular complexity index is 888. The van der Waals surface area contributed by atoms with Crippen LogP contribution in [-0.4, -0.2) is 62.3 Å². The fourth-order valence-corrected chi connectivity index (χ4v) is 3.56. The van der Waals surface area contributed by atoms with Gasteiger partial charge in [0.2, 0.25) is 5.91 Å². The van der Waals surface area contributed by atoms with Crippen LogP contribution < -0.4 is 0 Å². The Morgan fingerprint density at radius 1 is 1.36 bits per heavy atom. The zero-order chi connectivity index (χ0) is 17.4. The first-order valence-electron chi connectivity index (χ1n) is 8.24. The normalized spacial score (nSPS) is 20.5. The lowest BCUT2D eigenvalue weighted by atomic mass is 10.0. The average Bonchev–Trinajstić information content (AvgIpc) is 3.34. The van der Waals surface area contributed by atoms with Gasteiger partial charge >= 0.3 is 0 Å². The van der Waals surface area contributed by atoms with Gasteiger partial charge in [0.25, 0.3) is 0 Å². The highest BCUT2D eigenvalue weighted by molar-refractivity contribution is 5.87. The number of nitrogens with one attached hydrogen (secondary N) is 1. The summed E-state index contributed by atoms with van der Waals surface area (Å²) in [4.78, 5) is 14.7. The number of hydrogen-bond acceptors (Lipinski definition) is 5. The maximum Gasteiger partial charge on any atom is 0.228 e. The second-order valence-corrected chi connectivity index (χ2v) is 6.34. The predicted octanol–water partition coefficient (Wildman–Crippen LogP) is 0.875. The Morgan fingerprint density at radius 2 is 2.20 bits per heavy atom. The fourth-order valence-electron chi connectivity index (χ4n) is 3.56. The third-order valence-electron chi connectivity index (χ3n) is 4.89. The standard InChI is InChI=1S/C17H20N6O2/c1-22-15-6-4-3-5-11(15)13(20-22)7-17(24)23-9-12(16(10-23)25-2)14-8-18-21-19-14/h3-6,8,12,16H,7,9-10H2,1-2H3,(H,18,19,21)/t12-,16+/m0/s1. The molecule has 4 rings (SSSR count). The molecule has 0 spiro atoms. The molecule has 0 bridgehead atoms. The molecule has 3 heterocycles. The number of fused-ring (bicyclic) bond motifs is 1. The van der Waals surface area contributed by atoms with E-state index >= 15 is 0 Å². The van der Waals surface area contributed by atoms with Crippen molar-refractivity contribution in [3.63, 3.8) is 0 Å². The van der Waals surface area contributed by atoms with E-state index in [1.807, 2.05) is 40.9 Å². The minimum atomic E-state index is -0.0745. The highest BCUT2D eigenvalue weighted by Gasteiger charge is 2.37. The zero-order valence-corrected chi connectivity index (χ0v) is 14.2. The van der Waals surface area contributed by atoms with Crippen LogP contribution in [-0.2, 0) is 23.0 Å². The third kappa shape index (κ3) is 2.78. The largest absolute Gasteiger partial charge is 0.379 e. The molecule has 1 aliphatic rings. The molecule has 3 aromatic rings. The van der Waals surface area contributed by atoms with E-state index < -0.39 is 0 Å². The van der Waals surface area contributed by atoms with Crippen molar-refractivity contribution in [3.05, 3.63) is 41.9 Å². The molecule has 2 aromatic heterocycles. The van der Waals surface area contributed by atoms with Crippen LogP contribution >= 0.6 is 0 Å². The summed E-state index contributed by atoms with van der Waals surface area (Å²) in [5.41, 5.74) is 2.66. The van der Waals surface area contributed by atoms with Crippen molar-refractivity contribution in [1.29, 1.82) is 0 Å². The van der Waals surface area contributed by atoms with Gasteiger partial charge in [-0.2, -0.15) is 20.5 Å². The molecule has 0 unspecified atom stereocenters. The quantitative estimate of drug-likeness (QED) is 0.761. The van der Waals surface area contributed by atoms with E-state index in [9.17, 15) is 4.79 Å². The Kier molecular flexibility index (Phi) is 3.96. The number of carbonyl (C=O) groups is 1. The molecule has 25 heavy (non-hydrogen) atoms. The van der Waals surface area contributed by atoms with E-state index in [0.717, 1.165) is 22.3 Å². The molecule has 2 atom stereocenters. The van der Waals surface area contributed by atoms with Gasteiger partial charge in [0.05, 0.1) is 41.5 Å². The molecule has 1 aromatic carbocycles. The van der Waals surface area contributed by atoms with Crippen molar-refractivity contribution < 1.29 is 9.53 Å². The number of amides is 1. The summed E-state index contributed by atoms with van der Waals surface area (Å²) < 4.78 is 7.37. The number of hydrogen-bond donors (Lipinski definition) is 1. The number of H-pyrrole nitrogens is 1. The van der Waals surface area contributed by atoms with Gasteiger partial charge in [0.1, 0.15) is 0 Å². The molecule has 0 saturated carbocycles. The smallest absolute Gasteiger partial charge is 0.228 e. The van der Waals surface area contributed by atoms with Crippen LogP contribution in [0.3, 0.4) is 0 Å². The number of benzene rings is 1. The number of para-hydroxylation sites is 1. The number of aromatic amines is 1. The number of ether oxygens (including phenoxy) is 1. The van der Waals surface area contributed by atoms with Gasteiger partial charge in [-0.25, -0.2) is 0 Å². The van der Waals surface area contributed by atoms with Crippen molar-refractivity contribution in [2.45, 2.75) is 18.4 Å². The summed E-state index contributed by atoms with van der Waals surface area (Å²) in [5.74, 6) is 0.0880. The van der Waals surface area contributed by atoms with E-state index in [0.29, 0.717) is 13.1 Å². The van der Waals surface area contributed by atoms with Crippen LogP contribution in [0.2, 0.25) is 0 Å². The molecule has 1 fully saturated rings. The van der Waals surface area contributed by atoms with Crippen molar-refractivity contribution in [1.82, 2.24) is 30.1 Å². The van der Waals surface area contributed by atoms with Crippen molar-refractivity contribution in [3.8, 4) is 0 Å². The first-order chi connectivity index (χ1) is 12.2. The zero-order valence-electron chi connectivity index (χ0n) is 14.2. The first kappa shape index (κ1) is 15.8. The summed E-state index contributed by atoms with van der Waals surface area (Å²) in [6, 6.07) is 7.95. The maximum absolute atomic E-state index is 12.8. The Labute approximate surface area is 144 Å². The number of nitrogens with zero attached hydrogens (tertiary/aromatic N) is 5. The van der Waals surface area contributed by atoms with Gasteiger partial charge < -0.3 is 9.64 Å². The predicted molar refractivity (Wildman–Crippen MR) is 90.9 cm³/mol. The molecule has 130 valence electrons. The van der Waals surface area contributed by atoms with E-state index in [4.69, 9.17) is 4.74 Å². The van der Waals surface area contributed by atoms with Crippen LogP contribution in [0.25, 0.3) is 10.9 Å². The molecule has 1 N–H and O–H groups in total. The van der Waals surface area contributed by atoms with E-state index in [-0.39, 0.29) is 24.3 Å². The van der Waals surface area contributed by atoms with Crippen LogP contribution in [0.1, 0.15) is 17.3 Å². The number of aromatic nitrogens is 5. The molecule has 8 heteroatoms. The molecule has 1 saturated heterocycles. The number of aryl methyl sites for hydroxylation is 1.